The summed E-state index contributed by atoms with van der Waals surface area (Å²) >= 11 is 0. The fraction of sp³-hybridized carbons (Fsp3) is 0.450. The van der Waals surface area contributed by atoms with E-state index in [0.29, 0.717) is 23.3 Å². The molecule has 150 valence electrons. The van der Waals surface area contributed by atoms with Crippen LogP contribution < -0.4 is 25.4 Å². The number of amides is 2. The zero-order chi connectivity index (χ0) is 19.9. The molecule has 8 heteroatoms. The Bertz CT molecular complexity index is 806. The Morgan fingerprint density at radius 3 is 2.68 bits per heavy atom. The number of rotatable bonds is 6. The molecule has 0 unspecified atom stereocenters. The molecule has 0 aliphatic heterocycles. The number of nitrogens with one attached hydrogen (secondary N) is 3. The lowest BCUT2D eigenvalue weighted by Gasteiger charge is -2.29. The minimum Gasteiger partial charge on any atom is -0.495 e. The normalized spacial score (nSPS) is 18.8. The number of methoxy groups -OCH3 is 1. The Morgan fingerprint density at radius 1 is 1.18 bits per heavy atom. The number of carbonyl (C=O) groups is 1. The molecule has 1 saturated carbocycles. The molecule has 0 spiro atoms. The van der Waals surface area contributed by atoms with Gasteiger partial charge < -0.3 is 25.4 Å². The minimum absolute atomic E-state index is 0.0950. The van der Waals surface area contributed by atoms with Crippen molar-refractivity contribution < 1.29 is 14.3 Å². The Balaban J connectivity index is 1.47. The molecule has 1 aliphatic carbocycles. The van der Waals surface area contributed by atoms with Crippen LogP contribution in [0.5, 0.6) is 11.6 Å². The monoisotopic (exact) mass is 385 g/mol. The topological polar surface area (TPSA) is 97.4 Å². The van der Waals surface area contributed by atoms with Crippen LogP contribution in [0, 0.1) is 6.92 Å². The van der Waals surface area contributed by atoms with Gasteiger partial charge in [-0.05, 0) is 50.3 Å². The van der Waals surface area contributed by atoms with E-state index < -0.39 is 0 Å². The second-order valence-corrected chi connectivity index (χ2v) is 6.86. The van der Waals surface area contributed by atoms with Crippen LogP contribution in [0.25, 0.3) is 0 Å². The number of benzene rings is 1. The summed E-state index contributed by atoms with van der Waals surface area (Å²) < 4.78 is 11.3. The van der Waals surface area contributed by atoms with Gasteiger partial charge in [0, 0.05) is 25.4 Å². The molecular weight excluding hydrogens is 358 g/mol. The van der Waals surface area contributed by atoms with Gasteiger partial charge in [-0.3, -0.25) is 0 Å². The summed E-state index contributed by atoms with van der Waals surface area (Å²) in [6, 6.07) is 7.34. The highest BCUT2D eigenvalue weighted by Crippen LogP contribution is 2.26. The number of ether oxygens (including phenoxy) is 2. The third-order valence-corrected chi connectivity index (χ3v) is 4.75. The van der Waals surface area contributed by atoms with E-state index in [1.807, 2.05) is 25.1 Å². The van der Waals surface area contributed by atoms with Crippen molar-refractivity contribution in [2.75, 3.05) is 24.8 Å². The van der Waals surface area contributed by atoms with E-state index in [2.05, 4.69) is 25.9 Å². The van der Waals surface area contributed by atoms with E-state index in [0.717, 1.165) is 31.2 Å². The number of nitrogens with zero attached hydrogens (tertiary/aromatic N) is 2. The maximum atomic E-state index is 12.4. The van der Waals surface area contributed by atoms with Gasteiger partial charge in [-0.25, -0.2) is 9.78 Å². The fourth-order valence-electron chi connectivity index (χ4n) is 3.29. The average Bonchev–Trinajstić information content (AvgIpc) is 2.70. The van der Waals surface area contributed by atoms with Crippen molar-refractivity contribution in [1.82, 2.24) is 15.3 Å². The first-order valence-electron chi connectivity index (χ1n) is 9.47. The van der Waals surface area contributed by atoms with Crippen molar-refractivity contribution in [2.24, 2.45) is 0 Å². The fourth-order valence-corrected chi connectivity index (χ4v) is 3.29. The largest absolute Gasteiger partial charge is 0.495 e. The van der Waals surface area contributed by atoms with Crippen LogP contribution in [0.2, 0.25) is 0 Å². The first-order chi connectivity index (χ1) is 13.6. The Kier molecular flexibility index (Phi) is 6.52. The van der Waals surface area contributed by atoms with Crippen molar-refractivity contribution in [1.29, 1.82) is 0 Å². The maximum Gasteiger partial charge on any atom is 0.319 e. The van der Waals surface area contributed by atoms with E-state index in [4.69, 9.17) is 9.47 Å². The first-order valence-corrected chi connectivity index (χ1v) is 9.47. The predicted octanol–water partition coefficient (Wildman–Crippen LogP) is 3.35. The van der Waals surface area contributed by atoms with Gasteiger partial charge in [0.05, 0.1) is 12.8 Å². The van der Waals surface area contributed by atoms with Gasteiger partial charge in [0.2, 0.25) is 11.8 Å². The molecule has 1 aromatic heterocycles. The Labute approximate surface area is 165 Å². The zero-order valence-corrected chi connectivity index (χ0v) is 16.5. The molecule has 0 radical (unpaired) electrons. The van der Waals surface area contributed by atoms with Gasteiger partial charge in [0.15, 0.2) is 0 Å². The van der Waals surface area contributed by atoms with Gasteiger partial charge in [-0.2, -0.15) is 4.98 Å². The van der Waals surface area contributed by atoms with Gasteiger partial charge >= 0.3 is 6.03 Å². The molecule has 0 bridgehead atoms. The van der Waals surface area contributed by atoms with E-state index in [-0.39, 0.29) is 18.2 Å². The third kappa shape index (κ3) is 5.25. The van der Waals surface area contributed by atoms with Crippen molar-refractivity contribution in [3.8, 4) is 11.6 Å². The standard InChI is InChI=1S/C20H27N5O3/c1-13-4-9-17(27-3)16(12-13)24-20(26)23-14-5-7-15(8-6-14)28-18-10-11-22-19(21-2)25-18/h4,9-12,14-15H,5-8H2,1-3H3,(H,21,22,25)(H2,23,24,26)/t14-,15-. The number of aromatic nitrogens is 2. The molecule has 8 nitrogen and oxygen atoms in total. The average molecular weight is 385 g/mol. The number of anilines is 2. The number of urea groups is 1. The first kappa shape index (κ1) is 19.7. The summed E-state index contributed by atoms with van der Waals surface area (Å²) in [5.41, 5.74) is 1.72. The smallest absolute Gasteiger partial charge is 0.319 e. The van der Waals surface area contributed by atoms with Crippen molar-refractivity contribution in [3.63, 3.8) is 0 Å². The van der Waals surface area contributed by atoms with Crippen molar-refractivity contribution in [3.05, 3.63) is 36.0 Å². The summed E-state index contributed by atoms with van der Waals surface area (Å²) in [6.45, 7) is 1.97. The molecule has 1 fully saturated rings. The van der Waals surface area contributed by atoms with Crippen LogP contribution in [-0.2, 0) is 0 Å². The number of hydrogen-bond acceptors (Lipinski definition) is 6. The molecule has 3 N–H and O–H groups in total. The van der Waals surface area contributed by atoms with Crippen LogP contribution in [0.15, 0.2) is 30.5 Å². The summed E-state index contributed by atoms with van der Waals surface area (Å²) in [6.07, 6.45) is 5.19. The summed E-state index contributed by atoms with van der Waals surface area (Å²) in [5.74, 6) is 1.75. The number of aryl methyl sites for hydroxylation is 1. The maximum absolute atomic E-state index is 12.4. The van der Waals surface area contributed by atoms with Crippen molar-refractivity contribution in [2.45, 2.75) is 44.8 Å². The summed E-state index contributed by atoms with van der Waals surface area (Å²) in [5, 5.41) is 8.83. The lowest BCUT2D eigenvalue weighted by molar-refractivity contribution is 0.135. The molecule has 28 heavy (non-hydrogen) atoms. The highest BCUT2D eigenvalue weighted by Gasteiger charge is 2.24. The number of hydrogen-bond donors (Lipinski definition) is 3. The van der Waals surface area contributed by atoms with Crippen LogP contribution in [0.1, 0.15) is 31.2 Å². The van der Waals surface area contributed by atoms with E-state index in [1.54, 1.807) is 26.4 Å². The minimum atomic E-state index is -0.220. The van der Waals surface area contributed by atoms with Crippen LogP contribution in [0.4, 0.5) is 16.4 Å². The summed E-state index contributed by atoms with van der Waals surface area (Å²) in [4.78, 5) is 20.7. The second-order valence-electron chi connectivity index (χ2n) is 6.86. The molecule has 3 rings (SSSR count). The van der Waals surface area contributed by atoms with Crippen LogP contribution in [-0.4, -0.2) is 42.3 Å². The van der Waals surface area contributed by atoms with Gasteiger partial charge in [-0.1, -0.05) is 6.07 Å². The Hall–Kier alpha value is -3.03. The Morgan fingerprint density at radius 2 is 1.96 bits per heavy atom. The molecule has 2 aromatic rings. The van der Waals surface area contributed by atoms with Gasteiger partial charge in [0.1, 0.15) is 11.9 Å². The second kappa shape index (κ2) is 9.25. The SMILES string of the molecule is CNc1nccc(O[C@H]2CC[C@H](NC(=O)Nc3cc(C)ccc3OC)CC2)n1. The van der Waals surface area contributed by atoms with E-state index in [1.165, 1.54) is 0 Å². The van der Waals surface area contributed by atoms with E-state index >= 15 is 0 Å². The molecular formula is C20H27N5O3. The van der Waals surface area contributed by atoms with Crippen molar-refractivity contribution >= 4 is 17.7 Å². The predicted molar refractivity (Wildman–Crippen MR) is 108 cm³/mol. The molecule has 2 amide bonds. The lowest BCUT2D eigenvalue weighted by Crippen LogP contribution is -2.41. The quantitative estimate of drug-likeness (QED) is 0.706. The highest BCUT2D eigenvalue weighted by molar-refractivity contribution is 5.91. The third-order valence-electron chi connectivity index (χ3n) is 4.75. The molecule has 0 atom stereocenters. The van der Waals surface area contributed by atoms with Crippen LogP contribution in [0.3, 0.4) is 0 Å². The molecule has 1 aliphatic rings. The molecule has 1 aromatic carbocycles. The lowest BCUT2D eigenvalue weighted by atomic mass is 9.93. The van der Waals surface area contributed by atoms with Gasteiger partial charge in [-0.15, -0.1) is 0 Å². The number of carbonyl (C=O) groups excluding carboxylic acids is 1. The van der Waals surface area contributed by atoms with Gasteiger partial charge in [0.25, 0.3) is 0 Å². The molecule has 0 saturated heterocycles. The highest BCUT2D eigenvalue weighted by atomic mass is 16.5. The molecule has 1 heterocycles. The van der Waals surface area contributed by atoms with Crippen LogP contribution >= 0.6 is 0 Å². The zero-order valence-electron chi connectivity index (χ0n) is 16.5. The van der Waals surface area contributed by atoms with E-state index in [9.17, 15) is 4.79 Å². The summed E-state index contributed by atoms with van der Waals surface area (Å²) in [7, 11) is 3.36.